The van der Waals surface area contributed by atoms with Crippen molar-refractivity contribution in [1.29, 1.82) is 0 Å². The predicted octanol–water partition coefficient (Wildman–Crippen LogP) is 3.38. The normalized spacial score (nSPS) is 11.2. The lowest BCUT2D eigenvalue weighted by atomic mass is 10.1. The molecule has 0 aliphatic heterocycles. The number of fused-ring (bicyclic) bond motifs is 1. The molecule has 5 heteroatoms. The van der Waals surface area contributed by atoms with Gasteiger partial charge >= 0.3 is 0 Å². The van der Waals surface area contributed by atoms with E-state index in [1.807, 2.05) is 23.7 Å². The molecule has 3 rings (SSSR count). The van der Waals surface area contributed by atoms with Crippen molar-refractivity contribution >= 4 is 27.9 Å². The average molecular weight is 292 g/mol. The van der Waals surface area contributed by atoms with Crippen LogP contribution in [0.15, 0.2) is 42.0 Å². The van der Waals surface area contributed by atoms with E-state index in [-0.39, 0.29) is 0 Å². The maximum absolute atomic E-state index is 5.86. The maximum Gasteiger partial charge on any atom is 0.193 e. The first-order valence-electron chi connectivity index (χ1n) is 6.17. The zero-order chi connectivity index (χ0) is 13.1. The molecular formula is C14H14ClN3S. The van der Waals surface area contributed by atoms with E-state index in [4.69, 9.17) is 11.6 Å². The van der Waals surface area contributed by atoms with Crippen molar-refractivity contribution in [3.05, 3.63) is 58.3 Å². The number of imidazole rings is 1. The lowest BCUT2D eigenvalue weighted by Gasteiger charge is -2.03. The summed E-state index contributed by atoms with van der Waals surface area (Å²) < 4.78 is 2.06. The van der Waals surface area contributed by atoms with Gasteiger partial charge in [-0.2, -0.15) is 0 Å². The van der Waals surface area contributed by atoms with Crippen LogP contribution >= 0.6 is 22.9 Å². The molecule has 2 aromatic heterocycles. The lowest BCUT2D eigenvalue weighted by Crippen LogP contribution is -2.16. The fourth-order valence-corrected chi connectivity index (χ4v) is 2.81. The van der Waals surface area contributed by atoms with Gasteiger partial charge in [-0.15, -0.1) is 11.3 Å². The number of nitrogens with one attached hydrogen (secondary N) is 1. The minimum absolute atomic E-state index is 0.787. The number of nitrogens with zero attached hydrogens (tertiary/aromatic N) is 2. The van der Waals surface area contributed by atoms with E-state index in [2.05, 4.69) is 33.0 Å². The first-order valence-corrected chi connectivity index (χ1v) is 7.43. The van der Waals surface area contributed by atoms with Gasteiger partial charge in [0.1, 0.15) is 0 Å². The van der Waals surface area contributed by atoms with Crippen LogP contribution < -0.4 is 5.32 Å². The number of hydrogen-bond acceptors (Lipinski definition) is 3. The third-order valence-corrected chi connectivity index (χ3v) is 3.98. The number of hydrogen-bond donors (Lipinski definition) is 1. The van der Waals surface area contributed by atoms with E-state index in [0.29, 0.717) is 0 Å². The van der Waals surface area contributed by atoms with Crippen molar-refractivity contribution in [3.8, 4) is 0 Å². The van der Waals surface area contributed by atoms with Gasteiger partial charge in [-0.3, -0.25) is 4.40 Å². The highest BCUT2D eigenvalue weighted by atomic mass is 35.5. The minimum atomic E-state index is 0.787. The van der Waals surface area contributed by atoms with E-state index < -0.39 is 0 Å². The summed E-state index contributed by atoms with van der Waals surface area (Å²) in [6.45, 7) is 1.74. The Morgan fingerprint density at radius 2 is 2.11 bits per heavy atom. The average Bonchev–Trinajstić information content (AvgIpc) is 2.97. The summed E-state index contributed by atoms with van der Waals surface area (Å²) in [5.41, 5.74) is 2.38. The predicted molar refractivity (Wildman–Crippen MR) is 79.9 cm³/mol. The molecular weight excluding hydrogens is 278 g/mol. The van der Waals surface area contributed by atoms with E-state index in [9.17, 15) is 0 Å². The molecule has 2 heterocycles. The summed E-state index contributed by atoms with van der Waals surface area (Å²) in [5.74, 6) is 0. The third kappa shape index (κ3) is 3.15. The number of rotatable bonds is 5. The highest BCUT2D eigenvalue weighted by molar-refractivity contribution is 7.15. The molecule has 1 aromatic carbocycles. The highest BCUT2D eigenvalue weighted by Crippen LogP contribution is 2.11. The molecule has 0 bridgehead atoms. The molecule has 19 heavy (non-hydrogen) atoms. The summed E-state index contributed by atoms with van der Waals surface area (Å²) in [7, 11) is 0. The van der Waals surface area contributed by atoms with Gasteiger partial charge in [0.25, 0.3) is 0 Å². The monoisotopic (exact) mass is 291 g/mol. The highest BCUT2D eigenvalue weighted by Gasteiger charge is 2.01. The van der Waals surface area contributed by atoms with Crippen molar-refractivity contribution in [2.75, 3.05) is 6.54 Å². The third-order valence-electron chi connectivity index (χ3n) is 2.95. The second-order valence-electron chi connectivity index (χ2n) is 4.38. The molecule has 0 spiro atoms. The van der Waals surface area contributed by atoms with E-state index in [1.54, 1.807) is 11.3 Å². The van der Waals surface area contributed by atoms with Gasteiger partial charge in [0.05, 0.1) is 5.69 Å². The van der Waals surface area contributed by atoms with Gasteiger partial charge in [-0.25, -0.2) is 4.98 Å². The molecule has 0 fully saturated rings. The van der Waals surface area contributed by atoms with E-state index >= 15 is 0 Å². The molecule has 0 unspecified atom stereocenters. The molecule has 0 saturated heterocycles. The first-order chi connectivity index (χ1) is 9.31. The summed E-state index contributed by atoms with van der Waals surface area (Å²) in [6, 6.07) is 7.99. The molecule has 1 N–H and O–H groups in total. The summed E-state index contributed by atoms with van der Waals surface area (Å²) in [6.07, 6.45) is 5.10. The van der Waals surface area contributed by atoms with E-state index in [0.717, 1.165) is 35.2 Å². The minimum Gasteiger partial charge on any atom is -0.311 e. The number of benzene rings is 1. The van der Waals surface area contributed by atoms with Crippen LogP contribution in [0.2, 0.25) is 5.02 Å². The topological polar surface area (TPSA) is 29.3 Å². The molecule has 3 nitrogen and oxygen atoms in total. The molecule has 0 saturated carbocycles. The molecule has 3 aromatic rings. The maximum atomic E-state index is 5.86. The SMILES string of the molecule is Clc1ccc(CCNCc2cn3ccsc3n2)cc1. The van der Waals surface area contributed by atoms with Crippen molar-refractivity contribution < 1.29 is 0 Å². The Balaban J connectivity index is 1.48. The Kier molecular flexibility index (Phi) is 3.82. The number of halogens is 1. The summed E-state index contributed by atoms with van der Waals surface area (Å²) in [4.78, 5) is 5.58. The Bertz CT molecular complexity index is 628. The van der Waals surface area contributed by atoms with Crippen molar-refractivity contribution in [3.63, 3.8) is 0 Å². The second-order valence-corrected chi connectivity index (χ2v) is 5.69. The first kappa shape index (κ1) is 12.7. The van der Waals surface area contributed by atoms with Crippen LogP contribution in [0.3, 0.4) is 0 Å². The van der Waals surface area contributed by atoms with Gasteiger partial charge in [0.15, 0.2) is 4.96 Å². The van der Waals surface area contributed by atoms with Gasteiger partial charge in [-0.05, 0) is 30.7 Å². The summed E-state index contributed by atoms with van der Waals surface area (Å²) >= 11 is 7.51. The molecule has 0 aliphatic rings. The van der Waals surface area contributed by atoms with Gasteiger partial charge in [-0.1, -0.05) is 23.7 Å². The van der Waals surface area contributed by atoms with Crippen LogP contribution in [-0.4, -0.2) is 15.9 Å². The molecule has 0 aliphatic carbocycles. The molecule has 0 amide bonds. The van der Waals surface area contributed by atoms with Crippen molar-refractivity contribution in [1.82, 2.24) is 14.7 Å². The zero-order valence-corrected chi connectivity index (χ0v) is 11.9. The number of aromatic nitrogens is 2. The second kappa shape index (κ2) is 5.74. The van der Waals surface area contributed by atoms with Crippen LogP contribution in [0.4, 0.5) is 0 Å². The van der Waals surface area contributed by atoms with Crippen LogP contribution in [0.5, 0.6) is 0 Å². The summed E-state index contributed by atoms with van der Waals surface area (Å²) in [5, 5.41) is 6.24. The van der Waals surface area contributed by atoms with Crippen LogP contribution in [0, 0.1) is 0 Å². The Labute approximate surface area is 120 Å². The molecule has 0 atom stereocenters. The molecule has 98 valence electrons. The zero-order valence-electron chi connectivity index (χ0n) is 10.3. The smallest absolute Gasteiger partial charge is 0.193 e. The fourth-order valence-electron chi connectivity index (χ4n) is 1.96. The van der Waals surface area contributed by atoms with Crippen LogP contribution in [0.1, 0.15) is 11.3 Å². The van der Waals surface area contributed by atoms with Gasteiger partial charge in [0, 0.05) is 29.3 Å². The number of thiazole rings is 1. The quantitative estimate of drug-likeness (QED) is 0.730. The Hall–Kier alpha value is -1.36. The fraction of sp³-hybridized carbons (Fsp3) is 0.214. The molecule has 0 radical (unpaired) electrons. The van der Waals surface area contributed by atoms with Gasteiger partial charge < -0.3 is 5.32 Å². The Morgan fingerprint density at radius 3 is 2.89 bits per heavy atom. The lowest BCUT2D eigenvalue weighted by molar-refractivity contribution is 0.677. The standard InChI is InChI=1S/C14H14ClN3S/c15-12-3-1-11(2-4-12)5-6-16-9-13-10-18-7-8-19-14(18)17-13/h1-4,7-8,10,16H,5-6,9H2. The van der Waals surface area contributed by atoms with Crippen molar-refractivity contribution in [2.24, 2.45) is 0 Å². The largest absolute Gasteiger partial charge is 0.311 e. The van der Waals surface area contributed by atoms with Gasteiger partial charge in [0.2, 0.25) is 0 Å². The van der Waals surface area contributed by atoms with Crippen LogP contribution in [-0.2, 0) is 13.0 Å². The van der Waals surface area contributed by atoms with Crippen molar-refractivity contribution in [2.45, 2.75) is 13.0 Å². The van der Waals surface area contributed by atoms with E-state index in [1.165, 1.54) is 5.56 Å². The van der Waals surface area contributed by atoms with Crippen LogP contribution in [0.25, 0.3) is 4.96 Å². The Morgan fingerprint density at radius 1 is 1.26 bits per heavy atom.